The summed E-state index contributed by atoms with van der Waals surface area (Å²) in [4.78, 5) is 18.2. The Kier molecular flexibility index (Phi) is 2.67. The van der Waals surface area contributed by atoms with Crippen LogP contribution in [0.4, 0.5) is 0 Å². The highest BCUT2D eigenvalue weighted by Gasteiger charge is 2.49. The van der Waals surface area contributed by atoms with E-state index in [4.69, 9.17) is 0 Å². The second kappa shape index (κ2) is 4.61. The average molecular weight is 294 g/mol. The van der Waals surface area contributed by atoms with Crippen LogP contribution in [0, 0.1) is 23.7 Å². The van der Waals surface area contributed by atoms with Gasteiger partial charge in [0.2, 0.25) is 0 Å². The number of benzene rings is 1. The summed E-state index contributed by atoms with van der Waals surface area (Å²) in [5, 5.41) is 1.17. The minimum atomic E-state index is 0.227. The maximum absolute atomic E-state index is 12.9. The fourth-order valence-corrected chi connectivity index (χ4v) is 5.38. The fraction of sp³-hybridized carbons (Fsp3) is 0.526. The molecule has 6 rings (SSSR count). The van der Waals surface area contributed by atoms with Crippen molar-refractivity contribution in [3.8, 4) is 0 Å². The summed E-state index contributed by atoms with van der Waals surface area (Å²) in [5.74, 6) is 3.57. The standard InChI is InChI=1S/C19H22N2O/c22-19(15-6-5-14-7-8-20-18(14)9-15)21-10-16-12-1-2-13(4-3-12)17(16)11-21/h5-9,12-13,16-17,20H,1-4,10-11H2/t12?,13?,16-,17+. The van der Waals surface area contributed by atoms with Crippen molar-refractivity contribution < 1.29 is 4.79 Å². The number of aromatic nitrogens is 1. The van der Waals surface area contributed by atoms with Crippen LogP contribution in [0.5, 0.6) is 0 Å². The molecule has 114 valence electrons. The van der Waals surface area contributed by atoms with E-state index >= 15 is 0 Å². The van der Waals surface area contributed by atoms with Crippen LogP contribution < -0.4 is 0 Å². The lowest BCUT2D eigenvalue weighted by Gasteiger charge is -2.44. The SMILES string of the molecule is O=C(c1ccc2cc[nH]c2c1)N1C[C@@H]2C3CCC(CC3)[C@@H]2C1. The van der Waals surface area contributed by atoms with E-state index in [2.05, 4.69) is 9.88 Å². The van der Waals surface area contributed by atoms with Crippen molar-refractivity contribution in [3.05, 3.63) is 36.0 Å². The zero-order valence-electron chi connectivity index (χ0n) is 12.8. The van der Waals surface area contributed by atoms with Gasteiger partial charge in [0.05, 0.1) is 0 Å². The third kappa shape index (κ3) is 1.77. The van der Waals surface area contributed by atoms with E-state index < -0.39 is 0 Å². The van der Waals surface area contributed by atoms with Gasteiger partial charge in [-0.05, 0) is 72.9 Å². The molecule has 1 aromatic heterocycles. The molecule has 2 atom stereocenters. The van der Waals surface area contributed by atoms with Gasteiger partial charge in [-0.3, -0.25) is 4.79 Å². The average Bonchev–Trinajstić information content (AvgIpc) is 3.22. The molecule has 3 nitrogen and oxygen atoms in total. The molecule has 2 aromatic rings. The molecule has 1 N–H and O–H groups in total. The number of amides is 1. The normalized spacial score (nSPS) is 33.4. The van der Waals surface area contributed by atoms with Gasteiger partial charge in [-0.15, -0.1) is 0 Å². The number of aromatic amines is 1. The summed E-state index contributed by atoms with van der Waals surface area (Å²) in [5.41, 5.74) is 1.89. The van der Waals surface area contributed by atoms with Gasteiger partial charge in [0.15, 0.2) is 0 Å². The van der Waals surface area contributed by atoms with Crippen molar-refractivity contribution in [3.63, 3.8) is 0 Å². The zero-order chi connectivity index (χ0) is 14.7. The van der Waals surface area contributed by atoms with Gasteiger partial charge in [-0.25, -0.2) is 0 Å². The molecular formula is C19H22N2O. The van der Waals surface area contributed by atoms with E-state index in [1.165, 1.54) is 31.1 Å². The first-order chi connectivity index (χ1) is 10.8. The highest BCUT2D eigenvalue weighted by molar-refractivity contribution is 5.98. The third-order valence-corrected chi connectivity index (χ3v) is 6.53. The molecule has 1 aromatic carbocycles. The lowest BCUT2D eigenvalue weighted by atomic mass is 9.60. The van der Waals surface area contributed by atoms with Crippen LogP contribution in [0.1, 0.15) is 36.0 Å². The van der Waals surface area contributed by atoms with Crippen LogP contribution >= 0.6 is 0 Å². The van der Waals surface area contributed by atoms with Crippen LogP contribution in [0.2, 0.25) is 0 Å². The number of fused-ring (bicyclic) bond motifs is 3. The summed E-state index contributed by atoms with van der Waals surface area (Å²) >= 11 is 0. The molecule has 4 aliphatic rings. The Morgan fingerprint density at radius 3 is 2.36 bits per heavy atom. The number of H-pyrrole nitrogens is 1. The second-order valence-corrected chi connectivity index (χ2v) is 7.49. The Labute approximate surface area is 130 Å². The van der Waals surface area contributed by atoms with Crippen molar-refractivity contribution in [2.75, 3.05) is 13.1 Å². The van der Waals surface area contributed by atoms with Gasteiger partial charge in [-0.1, -0.05) is 6.07 Å². The van der Waals surface area contributed by atoms with Crippen molar-refractivity contribution in [1.82, 2.24) is 9.88 Å². The van der Waals surface area contributed by atoms with Crippen molar-refractivity contribution in [2.24, 2.45) is 23.7 Å². The molecule has 0 radical (unpaired) electrons. The quantitative estimate of drug-likeness (QED) is 0.856. The number of nitrogens with zero attached hydrogens (tertiary/aromatic N) is 1. The highest BCUT2D eigenvalue weighted by Crippen LogP contribution is 2.51. The fourth-order valence-electron chi connectivity index (χ4n) is 5.38. The van der Waals surface area contributed by atoms with Crippen molar-refractivity contribution in [1.29, 1.82) is 0 Å². The molecule has 0 spiro atoms. The van der Waals surface area contributed by atoms with E-state index in [1.54, 1.807) is 0 Å². The van der Waals surface area contributed by atoms with Crippen molar-refractivity contribution in [2.45, 2.75) is 25.7 Å². The molecule has 3 heteroatoms. The molecule has 22 heavy (non-hydrogen) atoms. The molecular weight excluding hydrogens is 272 g/mol. The van der Waals surface area contributed by atoms with E-state index in [0.29, 0.717) is 0 Å². The highest BCUT2D eigenvalue weighted by atomic mass is 16.2. The van der Waals surface area contributed by atoms with Crippen molar-refractivity contribution >= 4 is 16.8 Å². The smallest absolute Gasteiger partial charge is 0.253 e. The predicted molar refractivity (Wildman–Crippen MR) is 86.6 cm³/mol. The first-order valence-corrected chi connectivity index (χ1v) is 8.66. The molecule has 1 amide bonds. The second-order valence-electron chi connectivity index (χ2n) is 7.49. The number of carbonyl (C=O) groups is 1. The van der Waals surface area contributed by atoms with Gasteiger partial charge in [0.1, 0.15) is 0 Å². The number of hydrogen-bond acceptors (Lipinski definition) is 1. The van der Waals surface area contributed by atoms with E-state index in [1.807, 2.05) is 30.5 Å². The zero-order valence-corrected chi connectivity index (χ0v) is 12.8. The van der Waals surface area contributed by atoms with Crippen LogP contribution in [0.3, 0.4) is 0 Å². The van der Waals surface area contributed by atoms with E-state index in [-0.39, 0.29) is 5.91 Å². The molecule has 2 bridgehead atoms. The lowest BCUT2D eigenvalue weighted by Crippen LogP contribution is -2.38. The first kappa shape index (κ1) is 12.7. The Balaban J connectivity index is 1.42. The van der Waals surface area contributed by atoms with Gasteiger partial charge < -0.3 is 9.88 Å². The Bertz CT molecular complexity index is 706. The molecule has 1 saturated heterocycles. The molecule has 2 heterocycles. The predicted octanol–water partition coefficient (Wildman–Crippen LogP) is 3.68. The number of rotatable bonds is 1. The largest absolute Gasteiger partial charge is 0.361 e. The summed E-state index contributed by atoms with van der Waals surface area (Å²) < 4.78 is 0. The van der Waals surface area contributed by atoms with E-state index in [0.717, 1.165) is 47.8 Å². The summed E-state index contributed by atoms with van der Waals surface area (Å²) in [6.45, 7) is 1.99. The minimum absolute atomic E-state index is 0.227. The summed E-state index contributed by atoms with van der Waals surface area (Å²) in [6, 6.07) is 8.08. The topological polar surface area (TPSA) is 36.1 Å². The van der Waals surface area contributed by atoms with Gasteiger partial charge in [0.25, 0.3) is 5.91 Å². The molecule has 1 aliphatic heterocycles. The molecule has 3 aliphatic carbocycles. The minimum Gasteiger partial charge on any atom is -0.361 e. The first-order valence-electron chi connectivity index (χ1n) is 8.66. The maximum atomic E-state index is 12.9. The van der Waals surface area contributed by atoms with Crippen LogP contribution in [0.25, 0.3) is 10.9 Å². The van der Waals surface area contributed by atoms with E-state index in [9.17, 15) is 4.79 Å². The number of likely N-dealkylation sites (tertiary alicyclic amines) is 1. The summed E-state index contributed by atoms with van der Waals surface area (Å²) in [7, 11) is 0. The maximum Gasteiger partial charge on any atom is 0.253 e. The summed E-state index contributed by atoms with van der Waals surface area (Å²) in [6.07, 6.45) is 7.55. The monoisotopic (exact) mass is 294 g/mol. The van der Waals surface area contributed by atoms with Crippen LogP contribution in [0.15, 0.2) is 30.5 Å². The van der Waals surface area contributed by atoms with Gasteiger partial charge >= 0.3 is 0 Å². The Morgan fingerprint density at radius 1 is 1.00 bits per heavy atom. The Morgan fingerprint density at radius 2 is 1.68 bits per heavy atom. The molecule has 3 saturated carbocycles. The third-order valence-electron chi connectivity index (χ3n) is 6.53. The van der Waals surface area contributed by atoms with Crippen LogP contribution in [-0.4, -0.2) is 28.9 Å². The van der Waals surface area contributed by atoms with Gasteiger partial charge in [-0.2, -0.15) is 0 Å². The Hall–Kier alpha value is -1.77. The number of hydrogen-bond donors (Lipinski definition) is 1. The van der Waals surface area contributed by atoms with Gasteiger partial charge in [0, 0.05) is 30.4 Å². The lowest BCUT2D eigenvalue weighted by molar-refractivity contribution is 0.0577. The molecule has 4 fully saturated rings. The number of carbonyl (C=O) groups excluding carboxylic acids is 1. The molecule has 0 unspecified atom stereocenters. The van der Waals surface area contributed by atoms with Crippen LogP contribution in [-0.2, 0) is 0 Å². The number of nitrogens with one attached hydrogen (secondary N) is 1.